The number of hydrogen-bond acceptors (Lipinski definition) is 6. The van der Waals surface area contributed by atoms with Crippen LogP contribution in [0, 0.1) is 0 Å². The molecule has 0 spiro atoms. The molecule has 0 unspecified atom stereocenters. The van der Waals surface area contributed by atoms with Gasteiger partial charge in [-0.05, 0) is 36.4 Å². The molecular formula is C22H23N3O3S. The summed E-state index contributed by atoms with van der Waals surface area (Å²) in [5.41, 5.74) is 0.483. The van der Waals surface area contributed by atoms with Gasteiger partial charge in [0.05, 0.1) is 24.0 Å². The molecule has 2 aromatic heterocycles. The normalized spacial score (nSPS) is 18.6. The number of para-hydroxylation sites is 1. The Morgan fingerprint density at radius 3 is 2.72 bits per heavy atom. The van der Waals surface area contributed by atoms with Crippen molar-refractivity contribution in [1.29, 1.82) is 0 Å². The fourth-order valence-electron chi connectivity index (χ4n) is 4.54. The molecule has 0 N–H and O–H groups in total. The number of amides is 1. The molecule has 2 fully saturated rings. The van der Waals surface area contributed by atoms with Gasteiger partial charge in [-0.2, -0.15) is 4.98 Å². The number of rotatable bonds is 5. The van der Waals surface area contributed by atoms with Crippen LogP contribution in [0.4, 0.5) is 0 Å². The molecule has 0 radical (unpaired) electrons. The quantitative estimate of drug-likeness (QED) is 0.630. The first-order valence-electron chi connectivity index (χ1n) is 10.0. The molecule has 3 heterocycles. The third-order valence-corrected chi connectivity index (χ3v) is 7.24. The molecule has 1 saturated heterocycles. The lowest BCUT2D eigenvalue weighted by Gasteiger charge is -2.42. The van der Waals surface area contributed by atoms with Crippen LogP contribution in [0.5, 0.6) is 5.75 Å². The summed E-state index contributed by atoms with van der Waals surface area (Å²) in [6, 6.07) is 11.8. The average molecular weight is 410 g/mol. The highest BCUT2D eigenvalue weighted by molar-refractivity contribution is 7.10. The summed E-state index contributed by atoms with van der Waals surface area (Å²) in [6.07, 6.45) is 4.14. The predicted octanol–water partition coefficient (Wildman–Crippen LogP) is 4.24. The van der Waals surface area contributed by atoms with E-state index in [-0.39, 0.29) is 17.2 Å². The van der Waals surface area contributed by atoms with E-state index in [4.69, 9.17) is 9.26 Å². The summed E-state index contributed by atoms with van der Waals surface area (Å²) in [4.78, 5) is 21.1. The second-order valence-electron chi connectivity index (χ2n) is 7.83. The smallest absolute Gasteiger partial charge is 0.234 e. The molecule has 2 aliphatic rings. The Hall–Kier alpha value is -2.67. The van der Waals surface area contributed by atoms with Crippen molar-refractivity contribution in [3.05, 3.63) is 52.5 Å². The fraction of sp³-hybridized carbons (Fsp3) is 0.409. The fourth-order valence-corrected chi connectivity index (χ4v) is 5.52. The van der Waals surface area contributed by atoms with Crippen LogP contribution >= 0.6 is 11.3 Å². The molecule has 1 saturated carbocycles. The van der Waals surface area contributed by atoms with E-state index in [0.29, 0.717) is 30.6 Å². The number of aromatic nitrogens is 2. The SMILES string of the molecule is COc1ccccc1-c1noc(C2CN(C(=O)C3(c4cccs4)CCCC3)C2)n1. The topological polar surface area (TPSA) is 68.5 Å². The summed E-state index contributed by atoms with van der Waals surface area (Å²) in [5, 5.41) is 6.20. The second-order valence-corrected chi connectivity index (χ2v) is 8.78. The van der Waals surface area contributed by atoms with E-state index in [0.717, 1.165) is 31.2 Å². The van der Waals surface area contributed by atoms with Crippen molar-refractivity contribution in [2.24, 2.45) is 0 Å². The number of methoxy groups -OCH3 is 1. The van der Waals surface area contributed by atoms with Gasteiger partial charge in [0.15, 0.2) is 0 Å². The molecular weight excluding hydrogens is 386 g/mol. The monoisotopic (exact) mass is 409 g/mol. The highest BCUT2D eigenvalue weighted by Gasteiger charge is 2.49. The molecule has 0 bridgehead atoms. The van der Waals surface area contributed by atoms with Crippen molar-refractivity contribution >= 4 is 17.2 Å². The Balaban J connectivity index is 1.30. The number of likely N-dealkylation sites (tertiary alicyclic amines) is 1. The van der Waals surface area contributed by atoms with Crippen LogP contribution in [0.2, 0.25) is 0 Å². The molecule has 0 atom stereocenters. The van der Waals surface area contributed by atoms with Crippen LogP contribution in [0.25, 0.3) is 11.4 Å². The standard InChI is InChI=1S/C22H23N3O3S/c1-27-17-8-3-2-7-16(17)19-23-20(28-24-19)15-13-25(14-15)21(26)22(10-4-5-11-22)18-9-6-12-29-18/h2-3,6-9,12,15H,4-5,10-11,13-14H2,1H3. The van der Waals surface area contributed by atoms with Crippen LogP contribution < -0.4 is 4.74 Å². The van der Waals surface area contributed by atoms with Crippen LogP contribution in [0.15, 0.2) is 46.3 Å². The minimum absolute atomic E-state index is 0.0942. The van der Waals surface area contributed by atoms with Gasteiger partial charge in [-0.25, -0.2) is 0 Å². The molecule has 7 heteroatoms. The van der Waals surface area contributed by atoms with E-state index in [1.807, 2.05) is 35.2 Å². The number of nitrogens with zero attached hydrogens (tertiary/aromatic N) is 3. The van der Waals surface area contributed by atoms with Gasteiger partial charge in [-0.1, -0.05) is 36.2 Å². The zero-order chi connectivity index (χ0) is 19.8. The lowest BCUT2D eigenvalue weighted by atomic mass is 9.81. The minimum Gasteiger partial charge on any atom is -0.496 e. The zero-order valence-corrected chi connectivity index (χ0v) is 17.2. The Labute approximate surface area is 173 Å². The first kappa shape index (κ1) is 18.4. The first-order valence-corrected chi connectivity index (χ1v) is 10.9. The van der Waals surface area contributed by atoms with E-state index in [2.05, 4.69) is 21.6 Å². The Bertz CT molecular complexity index is 1000. The lowest BCUT2D eigenvalue weighted by Crippen LogP contribution is -2.55. The number of carbonyl (C=O) groups is 1. The molecule has 6 nitrogen and oxygen atoms in total. The van der Waals surface area contributed by atoms with Crippen molar-refractivity contribution in [1.82, 2.24) is 15.0 Å². The first-order chi connectivity index (χ1) is 14.2. The van der Waals surface area contributed by atoms with Gasteiger partial charge >= 0.3 is 0 Å². The number of benzene rings is 1. The van der Waals surface area contributed by atoms with Crippen LogP contribution in [0.1, 0.15) is 42.4 Å². The van der Waals surface area contributed by atoms with Crippen molar-refractivity contribution in [2.75, 3.05) is 20.2 Å². The third-order valence-electron chi connectivity index (χ3n) is 6.17. The lowest BCUT2D eigenvalue weighted by molar-refractivity contribution is -0.142. The molecule has 29 heavy (non-hydrogen) atoms. The number of carbonyl (C=O) groups excluding carboxylic acids is 1. The maximum absolute atomic E-state index is 13.4. The van der Waals surface area contributed by atoms with E-state index in [1.165, 1.54) is 4.88 Å². The summed E-state index contributed by atoms with van der Waals surface area (Å²) < 4.78 is 10.9. The van der Waals surface area contributed by atoms with Gasteiger partial charge < -0.3 is 14.2 Å². The average Bonchev–Trinajstić information content (AvgIpc) is 3.48. The largest absolute Gasteiger partial charge is 0.496 e. The van der Waals surface area contributed by atoms with Crippen molar-refractivity contribution in [3.8, 4) is 17.1 Å². The summed E-state index contributed by atoms with van der Waals surface area (Å²) in [5.74, 6) is 2.18. The van der Waals surface area contributed by atoms with Gasteiger partial charge in [-0.15, -0.1) is 11.3 Å². The van der Waals surface area contributed by atoms with E-state index in [1.54, 1.807) is 18.4 Å². The maximum Gasteiger partial charge on any atom is 0.234 e. The van der Waals surface area contributed by atoms with Crippen molar-refractivity contribution in [3.63, 3.8) is 0 Å². The van der Waals surface area contributed by atoms with Gasteiger partial charge in [0.2, 0.25) is 17.6 Å². The van der Waals surface area contributed by atoms with Crippen LogP contribution in [0.3, 0.4) is 0 Å². The van der Waals surface area contributed by atoms with Crippen LogP contribution in [-0.2, 0) is 10.2 Å². The molecule has 1 aliphatic carbocycles. The van der Waals surface area contributed by atoms with Gasteiger partial charge in [-0.3, -0.25) is 4.79 Å². The molecule has 3 aromatic rings. The summed E-state index contributed by atoms with van der Waals surface area (Å²) in [6.45, 7) is 1.28. The molecule has 150 valence electrons. The highest BCUT2D eigenvalue weighted by Crippen LogP contribution is 2.46. The number of ether oxygens (including phenoxy) is 1. The van der Waals surface area contributed by atoms with E-state index in [9.17, 15) is 4.79 Å². The zero-order valence-electron chi connectivity index (χ0n) is 16.3. The predicted molar refractivity (Wildman–Crippen MR) is 110 cm³/mol. The van der Waals surface area contributed by atoms with Crippen LogP contribution in [-0.4, -0.2) is 41.1 Å². The van der Waals surface area contributed by atoms with Crippen molar-refractivity contribution < 1.29 is 14.1 Å². The van der Waals surface area contributed by atoms with Crippen molar-refractivity contribution in [2.45, 2.75) is 37.0 Å². The highest BCUT2D eigenvalue weighted by atomic mass is 32.1. The maximum atomic E-state index is 13.4. The number of hydrogen-bond donors (Lipinski definition) is 0. The summed E-state index contributed by atoms with van der Waals surface area (Å²) in [7, 11) is 1.63. The Morgan fingerprint density at radius 1 is 1.21 bits per heavy atom. The van der Waals surface area contributed by atoms with Gasteiger partial charge in [0.25, 0.3) is 0 Å². The molecule has 5 rings (SSSR count). The third kappa shape index (κ3) is 3.04. The van der Waals surface area contributed by atoms with Gasteiger partial charge in [0.1, 0.15) is 5.75 Å². The Morgan fingerprint density at radius 2 is 2.00 bits per heavy atom. The number of thiophene rings is 1. The summed E-state index contributed by atoms with van der Waals surface area (Å²) >= 11 is 1.70. The van der Waals surface area contributed by atoms with E-state index < -0.39 is 0 Å². The Kier molecular flexibility index (Phi) is 4.62. The second kappa shape index (κ2) is 7.30. The molecule has 1 aromatic carbocycles. The van der Waals surface area contributed by atoms with E-state index >= 15 is 0 Å². The molecule has 1 amide bonds. The van der Waals surface area contributed by atoms with Gasteiger partial charge in [0, 0.05) is 18.0 Å². The molecule has 1 aliphatic heterocycles. The minimum atomic E-state index is -0.323.